The van der Waals surface area contributed by atoms with Gasteiger partial charge in [-0.3, -0.25) is 0 Å². The first-order valence-corrected chi connectivity index (χ1v) is 11.2. The Morgan fingerprint density at radius 2 is 1.79 bits per heavy atom. The first kappa shape index (κ1) is 23.3. The highest BCUT2D eigenvalue weighted by Crippen LogP contribution is 2.26. The molecule has 3 aromatic rings. The molecule has 176 valence electrons. The number of oxime groups is 1. The van der Waals surface area contributed by atoms with Gasteiger partial charge in [-0.05, 0) is 54.8 Å². The summed E-state index contributed by atoms with van der Waals surface area (Å²) in [6.07, 6.45) is 0.223. The average molecular weight is 462 g/mol. The lowest BCUT2D eigenvalue weighted by Crippen LogP contribution is -2.40. The number of ether oxygens (including phenoxy) is 1. The van der Waals surface area contributed by atoms with Crippen molar-refractivity contribution in [1.29, 1.82) is 0 Å². The minimum absolute atomic E-state index is 0.254. The second-order valence-corrected chi connectivity index (χ2v) is 8.37. The van der Waals surface area contributed by atoms with Crippen LogP contribution in [-0.2, 0) is 11.4 Å². The number of aryl methyl sites for hydroxylation is 2. The lowest BCUT2D eigenvalue weighted by Gasteiger charge is -2.26. The zero-order valence-corrected chi connectivity index (χ0v) is 19.5. The van der Waals surface area contributed by atoms with E-state index in [4.69, 9.17) is 9.57 Å². The molecule has 0 radical (unpaired) electrons. The van der Waals surface area contributed by atoms with Crippen LogP contribution in [0, 0.1) is 19.7 Å². The van der Waals surface area contributed by atoms with Crippen LogP contribution in [0.1, 0.15) is 28.7 Å². The number of methoxy groups -OCH3 is 1. The van der Waals surface area contributed by atoms with Crippen LogP contribution in [0.3, 0.4) is 0 Å². The molecule has 1 atom stereocenters. The second kappa shape index (κ2) is 10.4. The molecule has 4 rings (SSSR count). The number of anilines is 1. The number of nitrogens with one attached hydrogen (secondary N) is 1. The predicted molar refractivity (Wildman–Crippen MR) is 131 cm³/mol. The molecule has 7 heteroatoms. The maximum absolute atomic E-state index is 13.4. The van der Waals surface area contributed by atoms with Crippen molar-refractivity contribution in [2.75, 3.05) is 19.0 Å². The maximum atomic E-state index is 13.4. The molecular formula is C27H28FN3O3. The van der Waals surface area contributed by atoms with E-state index in [-0.39, 0.29) is 18.0 Å². The first-order valence-electron chi connectivity index (χ1n) is 11.2. The summed E-state index contributed by atoms with van der Waals surface area (Å²) < 4.78 is 18.9. The Kier molecular flexibility index (Phi) is 7.11. The van der Waals surface area contributed by atoms with Gasteiger partial charge in [-0.2, -0.15) is 0 Å². The SMILES string of the molecule is COc1ccccc1C1=NO[C@@H](CN(Cc2ccc(F)cc2)C(=O)Nc2c(C)cccc2C)C1. The van der Waals surface area contributed by atoms with E-state index in [1.165, 1.54) is 12.1 Å². The summed E-state index contributed by atoms with van der Waals surface area (Å²) in [5.41, 5.74) is 5.22. The van der Waals surface area contributed by atoms with E-state index in [1.807, 2.05) is 56.3 Å². The van der Waals surface area contributed by atoms with Crippen LogP contribution in [-0.4, -0.2) is 36.4 Å². The minimum atomic E-state index is -0.316. The third-order valence-electron chi connectivity index (χ3n) is 5.86. The van der Waals surface area contributed by atoms with E-state index < -0.39 is 0 Å². The molecule has 0 unspecified atom stereocenters. The molecule has 1 heterocycles. The number of para-hydroxylation sites is 2. The number of amides is 2. The quantitative estimate of drug-likeness (QED) is 0.493. The molecule has 1 N–H and O–H groups in total. The van der Waals surface area contributed by atoms with Gasteiger partial charge in [-0.15, -0.1) is 0 Å². The normalized spacial score (nSPS) is 14.8. The van der Waals surface area contributed by atoms with E-state index in [9.17, 15) is 9.18 Å². The third-order valence-corrected chi connectivity index (χ3v) is 5.86. The van der Waals surface area contributed by atoms with Crippen molar-refractivity contribution >= 4 is 17.4 Å². The fourth-order valence-corrected chi connectivity index (χ4v) is 4.04. The van der Waals surface area contributed by atoms with Gasteiger partial charge in [0.15, 0.2) is 6.10 Å². The van der Waals surface area contributed by atoms with Crippen LogP contribution in [0.5, 0.6) is 5.75 Å². The van der Waals surface area contributed by atoms with Gasteiger partial charge in [0.05, 0.1) is 19.4 Å². The van der Waals surface area contributed by atoms with Crippen LogP contribution in [0.25, 0.3) is 0 Å². The fourth-order valence-electron chi connectivity index (χ4n) is 4.04. The molecule has 0 saturated carbocycles. The zero-order chi connectivity index (χ0) is 24.1. The van der Waals surface area contributed by atoms with Gasteiger partial charge >= 0.3 is 6.03 Å². The molecule has 0 aliphatic carbocycles. The first-order chi connectivity index (χ1) is 16.4. The van der Waals surface area contributed by atoms with Crippen LogP contribution >= 0.6 is 0 Å². The van der Waals surface area contributed by atoms with Crippen molar-refractivity contribution in [3.05, 3.63) is 94.8 Å². The smallest absolute Gasteiger partial charge is 0.322 e. The van der Waals surface area contributed by atoms with Crippen molar-refractivity contribution in [2.45, 2.75) is 32.9 Å². The van der Waals surface area contributed by atoms with Gasteiger partial charge in [0.2, 0.25) is 0 Å². The van der Waals surface area contributed by atoms with Gasteiger partial charge in [-0.25, -0.2) is 9.18 Å². The number of carbonyl (C=O) groups is 1. The molecule has 0 bridgehead atoms. The predicted octanol–water partition coefficient (Wildman–Crippen LogP) is 5.68. The Bertz CT molecular complexity index is 1170. The number of hydrogen-bond donors (Lipinski definition) is 1. The average Bonchev–Trinajstić information content (AvgIpc) is 3.30. The largest absolute Gasteiger partial charge is 0.496 e. The number of benzene rings is 3. The number of nitrogens with zero attached hydrogens (tertiary/aromatic N) is 2. The van der Waals surface area contributed by atoms with Crippen LogP contribution < -0.4 is 10.1 Å². The van der Waals surface area contributed by atoms with E-state index in [1.54, 1.807) is 24.1 Å². The Labute approximate surface area is 199 Å². The lowest BCUT2D eigenvalue weighted by molar-refractivity contribution is 0.0608. The topological polar surface area (TPSA) is 63.2 Å². The molecular weight excluding hydrogens is 433 g/mol. The molecule has 3 aromatic carbocycles. The number of hydrogen-bond acceptors (Lipinski definition) is 4. The highest BCUT2D eigenvalue weighted by Gasteiger charge is 2.28. The monoisotopic (exact) mass is 461 g/mol. The van der Waals surface area contributed by atoms with E-state index in [0.717, 1.165) is 39.4 Å². The molecule has 0 saturated heterocycles. The van der Waals surface area contributed by atoms with Gasteiger partial charge in [0.1, 0.15) is 11.6 Å². The Balaban J connectivity index is 1.51. The Hall–Kier alpha value is -3.87. The van der Waals surface area contributed by atoms with Crippen molar-refractivity contribution < 1.29 is 18.8 Å². The highest BCUT2D eigenvalue weighted by atomic mass is 19.1. The number of carbonyl (C=O) groups excluding carboxylic acids is 1. The van der Waals surface area contributed by atoms with E-state index in [2.05, 4.69) is 10.5 Å². The highest BCUT2D eigenvalue weighted by molar-refractivity contribution is 6.03. The number of rotatable bonds is 7. The van der Waals surface area contributed by atoms with Gasteiger partial charge in [0.25, 0.3) is 0 Å². The summed E-state index contributed by atoms with van der Waals surface area (Å²) in [5, 5.41) is 7.31. The summed E-state index contributed by atoms with van der Waals surface area (Å²) in [6.45, 7) is 4.54. The van der Waals surface area contributed by atoms with Crippen LogP contribution in [0.4, 0.5) is 14.9 Å². The molecule has 1 aliphatic heterocycles. The van der Waals surface area contributed by atoms with Gasteiger partial charge < -0.3 is 19.8 Å². The van der Waals surface area contributed by atoms with Crippen LogP contribution in [0.2, 0.25) is 0 Å². The summed E-state index contributed by atoms with van der Waals surface area (Å²) in [6, 6.07) is 19.4. The molecule has 0 fully saturated rings. The molecule has 0 aromatic heterocycles. The zero-order valence-electron chi connectivity index (χ0n) is 19.5. The standard InChI is InChI=1S/C27H28FN3O3/c1-18-7-6-8-19(2)26(18)29-27(32)31(16-20-11-13-21(28)14-12-20)17-22-15-24(30-34-22)23-9-4-5-10-25(23)33-3/h4-14,22H,15-17H2,1-3H3,(H,29,32)/t22-/m1/s1. The summed E-state index contributed by atoms with van der Waals surface area (Å²) in [4.78, 5) is 20.7. The van der Waals surface area contributed by atoms with Crippen LogP contribution in [0.15, 0.2) is 71.9 Å². The second-order valence-electron chi connectivity index (χ2n) is 8.37. The lowest BCUT2D eigenvalue weighted by atomic mass is 10.0. The molecule has 34 heavy (non-hydrogen) atoms. The molecule has 2 amide bonds. The number of urea groups is 1. The molecule has 6 nitrogen and oxygen atoms in total. The van der Waals surface area contributed by atoms with Crippen molar-refractivity contribution in [2.24, 2.45) is 5.16 Å². The fraction of sp³-hybridized carbons (Fsp3) is 0.259. The van der Waals surface area contributed by atoms with Crippen molar-refractivity contribution in [3.8, 4) is 5.75 Å². The van der Waals surface area contributed by atoms with E-state index >= 15 is 0 Å². The van der Waals surface area contributed by atoms with Crippen molar-refractivity contribution in [3.63, 3.8) is 0 Å². The Morgan fingerprint density at radius 3 is 2.50 bits per heavy atom. The van der Waals surface area contributed by atoms with Gasteiger partial charge in [0, 0.05) is 24.2 Å². The minimum Gasteiger partial charge on any atom is -0.496 e. The maximum Gasteiger partial charge on any atom is 0.322 e. The third kappa shape index (κ3) is 5.36. The summed E-state index contributed by atoms with van der Waals surface area (Å²) in [5.74, 6) is 0.408. The van der Waals surface area contributed by atoms with E-state index in [0.29, 0.717) is 19.5 Å². The summed E-state index contributed by atoms with van der Waals surface area (Å²) >= 11 is 0. The molecule has 0 spiro atoms. The summed E-state index contributed by atoms with van der Waals surface area (Å²) in [7, 11) is 1.62. The Morgan fingerprint density at radius 1 is 1.09 bits per heavy atom. The number of halogens is 1. The van der Waals surface area contributed by atoms with Crippen molar-refractivity contribution in [1.82, 2.24) is 4.90 Å². The molecule has 1 aliphatic rings. The van der Waals surface area contributed by atoms with Gasteiger partial charge in [-0.1, -0.05) is 47.6 Å².